The van der Waals surface area contributed by atoms with Gasteiger partial charge in [-0.3, -0.25) is 0 Å². The molecule has 2 aromatic carbocycles. The molecule has 0 radical (unpaired) electrons. The van der Waals surface area contributed by atoms with E-state index < -0.39 is 0 Å². The van der Waals surface area contributed by atoms with Crippen molar-refractivity contribution in [3.8, 4) is 12.1 Å². The first-order valence-electron chi connectivity index (χ1n) is 8.85. The van der Waals surface area contributed by atoms with Crippen LogP contribution in [0.2, 0.25) is 0 Å². The molecular weight excluding hydrogens is 330 g/mol. The van der Waals surface area contributed by atoms with Crippen LogP contribution < -0.4 is 4.90 Å². The van der Waals surface area contributed by atoms with E-state index in [9.17, 15) is 10.5 Å². The van der Waals surface area contributed by atoms with Crippen LogP contribution in [0.25, 0.3) is 11.6 Å². The van der Waals surface area contributed by atoms with Gasteiger partial charge in [0, 0.05) is 25.4 Å². The molecular formula is C24H23N3. The highest BCUT2D eigenvalue weighted by molar-refractivity contribution is 5.72. The molecule has 0 aliphatic carbocycles. The lowest BCUT2D eigenvalue weighted by Gasteiger charge is -2.11. The third-order valence-corrected chi connectivity index (χ3v) is 4.23. The maximum absolute atomic E-state index is 9.35. The highest BCUT2D eigenvalue weighted by Crippen LogP contribution is 2.22. The average Bonchev–Trinajstić information content (AvgIpc) is 2.71. The van der Waals surface area contributed by atoms with Gasteiger partial charge in [-0.05, 0) is 41.3 Å². The van der Waals surface area contributed by atoms with E-state index in [1.54, 1.807) is 0 Å². The van der Waals surface area contributed by atoms with Crippen molar-refractivity contribution in [2.45, 2.75) is 13.3 Å². The van der Waals surface area contributed by atoms with Crippen LogP contribution in [0.5, 0.6) is 0 Å². The zero-order chi connectivity index (χ0) is 19.6. The zero-order valence-electron chi connectivity index (χ0n) is 16.0. The Morgan fingerprint density at radius 2 is 1.59 bits per heavy atom. The number of benzene rings is 2. The fraction of sp³-hybridized carbons (Fsp3) is 0.167. The van der Waals surface area contributed by atoms with E-state index >= 15 is 0 Å². The van der Waals surface area contributed by atoms with Crippen molar-refractivity contribution < 1.29 is 0 Å². The van der Waals surface area contributed by atoms with Crippen LogP contribution in [0.3, 0.4) is 0 Å². The number of hydrogen-bond donors (Lipinski definition) is 0. The second kappa shape index (κ2) is 9.80. The van der Waals surface area contributed by atoms with Gasteiger partial charge in [-0.2, -0.15) is 10.5 Å². The first-order chi connectivity index (χ1) is 13.1. The second-order valence-corrected chi connectivity index (χ2v) is 6.26. The van der Waals surface area contributed by atoms with E-state index in [1.807, 2.05) is 104 Å². The molecule has 0 aliphatic heterocycles. The van der Waals surface area contributed by atoms with Gasteiger partial charge in [-0.15, -0.1) is 0 Å². The van der Waals surface area contributed by atoms with E-state index in [2.05, 4.69) is 6.92 Å². The van der Waals surface area contributed by atoms with Crippen LogP contribution >= 0.6 is 0 Å². The maximum atomic E-state index is 9.35. The molecule has 0 amide bonds. The summed E-state index contributed by atoms with van der Waals surface area (Å²) in [6, 6.07) is 22.1. The fourth-order valence-electron chi connectivity index (χ4n) is 2.66. The smallest absolute Gasteiger partial charge is 0.136 e. The first-order valence-corrected chi connectivity index (χ1v) is 8.85. The molecule has 0 aliphatic rings. The normalized spacial score (nSPS) is 10.9. The Labute approximate surface area is 161 Å². The van der Waals surface area contributed by atoms with E-state index in [-0.39, 0.29) is 5.57 Å². The molecule has 2 rings (SSSR count). The highest BCUT2D eigenvalue weighted by Gasteiger charge is 2.05. The summed E-state index contributed by atoms with van der Waals surface area (Å²) in [7, 11) is 4.00. The summed E-state index contributed by atoms with van der Waals surface area (Å²) >= 11 is 0. The van der Waals surface area contributed by atoms with Crippen LogP contribution in [0, 0.1) is 22.7 Å². The lowest BCUT2D eigenvalue weighted by atomic mass is 9.98. The van der Waals surface area contributed by atoms with Crippen LogP contribution in [0.15, 0.2) is 77.9 Å². The lowest BCUT2D eigenvalue weighted by molar-refractivity contribution is 1.13. The predicted molar refractivity (Wildman–Crippen MR) is 113 cm³/mol. The summed E-state index contributed by atoms with van der Waals surface area (Å²) in [5.74, 6) is 0. The number of rotatable bonds is 6. The number of nitrogens with zero attached hydrogens (tertiary/aromatic N) is 3. The van der Waals surface area contributed by atoms with Gasteiger partial charge in [0.05, 0.1) is 0 Å². The average molecular weight is 353 g/mol. The standard InChI is InChI=1S/C24H23N3/c1-4-20(21-8-6-5-7-9-21)16-22(23(17-25)18-26)13-10-19-11-14-24(15-12-19)27(2)3/h5-16H,4H2,1-3H3/b13-10+,20-16-. The van der Waals surface area contributed by atoms with Crippen molar-refractivity contribution in [1.82, 2.24) is 0 Å². The van der Waals surface area contributed by atoms with Crippen LogP contribution in [0.1, 0.15) is 24.5 Å². The minimum absolute atomic E-state index is 0.109. The SMILES string of the molecule is CC/C(=C/C(/C=C/c1ccc(N(C)C)cc1)=C(C#N)C#N)c1ccccc1. The van der Waals surface area contributed by atoms with Gasteiger partial charge in [0.2, 0.25) is 0 Å². The molecule has 0 fully saturated rings. The molecule has 27 heavy (non-hydrogen) atoms. The van der Waals surface area contributed by atoms with Crippen molar-refractivity contribution in [3.63, 3.8) is 0 Å². The van der Waals surface area contributed by atoms with Crippen LogP contribution in [0.4, 0.5) is 5.69 Å². The summed E-state index contributed by atoms with van der Waals surface area (Å²) in [6.45, 7) is 2.07. The Morgan fingerprint density at radius 3 is 2.11 bits per heavy atom. The van der Waals surface area contributed by atoms with Crippen LogP contribution in [-0.2, 0) is 0 Å². The quantitative estimate of drug-likeness (QED) is 0.501. The molecule has 0 saturated heterocycles. The van der Waals surface area contributed by atoms with Crippen molar-refractivity contribution >= 4 is 17.3 Å². The third kappa shape index (κ3) is 5.46. The molecule has 2 aromatic rings. The summed E-state index contributed by atoms with van der Waals surface area (Å²) in [4.78, 5) is 2.04. The Kier molecular flexibility index (Phi) is 7.17. The van der Waals surface area contributed by atoms with E-state index in [1.165, 1.54) is 0 Å². The van der Waals surface area contributed by atoms with Crippen molar-refractivity contribution in [1.29, 1.82) is 10.5 Å². The fourth-order valence-corrected chi connectivity index (χ4v) is 2.66. The topological polar surface area (TPSA) is 50.8 Å². The predicted octanol–water partition coefficient (Wildman–Crippen LogP) is 5.60. The van der Waals surface area contributed by atoms with Crippen molar-refractivity contribution in [2.75, 3.05) is 19.0 Å². The molecule has 0 bridgehead atoms. The van der Waals surface area contributed by atoms with Gasteiger partial charge in [0.25, 0.3) is 0 Å². The number of nitriles is 2. The van der Waals surface area contributed by atoms with Crippen molar-refractivity contribution in [2.24, 2.45) is 0 Å². The summed E-state index contributed by atoms with van der Waals surface area (Å²) in [5, 5.41) is 18.7. The minimum atomic E-state index is 0.109. The molecule has 0 spiro atoms. The summed E-state index contributed by atoms with van der Waals surface area (Å²) < 4.78 is 0. The maximum Gasteiger partial charge on any atom is 0.136 e. The molecule has 0 heterocycles. The monoisotopic (exact) mass is 353 g/mol. The van der Waals surface area contributed by atoms with Gasteiger partial charge >= 0.3 is 0 Å². The Bertz CT molecular complexity index is 916. The number of anilines is 1. The molecule has 0 atom stereocenters. The highest BCUT2D eigenvalue weighted by atomic mass is 15.1. The van der Waals surface area contributed by atoms with E-state index in [4.69, 9.17) is 0 Å². The van der Waals surface area contributed by atoms with Crippen molar-refractivity contribution in [3.05, 3.63) is 89.0 Å². The molecule has 0 N–H and O–H groups in total. The second-order valence-electron chi connectivity index (χ2n) is 6.26. The minimum Gasteiger partial charge on any atom is -0.378 e. The molecule has 3 heteroatoms. The lowest BCUT2D eigenvalue weighted by Crippen LogP contribution is -2.07. The number of hydrogen-bond acceptors (Lipinski definition) is 3. The first kappa shape index (κ1) is 19.8. The zero-order valence-corrected chi connectivity index (χ0v) is 16.0. The largest absolute Gasteiger partial charge is 0.378 e. The Hall–Kier alpha value is -3.56. The van der Waals surface area contributed by atoms with E-state index in [0.717, 1.165) is 28.8 Å². The number of allylic oxidation sites excluding steroid dienone is 5. The van der Waals surface area contributed by atoms with Gasteiger partial charge in [0.1, 0.15) is 17.7 Å². The summed E-state index contributed by atoms with van der Waals surface area (Å²) in [5.41, 5.74) is 5.04. The van der Waals surface area contributed by atoms with E-state index in [0.29, 0.717) is 5.57 Å². The van der Waals surface area contributed by atoms with Crippen LogP contribution in [-0.4, -0.2) is 14.1 Å². The third-order valence-electron chi connectivity index (χ3n) is 4.23. The summed E-state index contributed by atoms with van der Waals surface area (Å²) in [6.07, 6.45) is 6.51. The Balaban J connectivity index is 2.42. The Morgan fingerprint density at radius 1 is 0.963 bits per heavy atom. The van der Waals surface area contributed by atoms with Gasteiger partial charge in [-0.1, -0.05) is 61.5 Å². The molecule has 0 saturated carbocycles. The van der Waals surface area contributed by atoms with Gasteiger partial charge < -0.3 is 4.90 Å². The molecule has 0 aromatic heterocycles. The molecule has 0 unspecified atom stereocenters. The molecule has 3 nitrogen and oxygen atoms in total. The molecule has 134 valence electrons. The van der Waals surface area contributed by atoms with Gasteiger partial charge in [0.15, 0.2) is 0 Å². The van der Waals surface area contributed by atoms with Gasteiger partial charge in [-0.25, -0.2) is 0 Å².